The highest BCUT2D eigenvalue weighted by Gasteiger charge is 2.31. The van der Waals surface area contributed by atoms with Crippen molar-refractivity contribution in [2.45, 2.75) is 6.18 Å². The number of ether oxygens (including phenoxy) is 1. The van der Waals surface area contributed by atoms with E-state index in [1.807, 2.05) is 0 Å². The average Bonchev–Trinajstić information content (AvgIpc) is 2.25. The first-order chi connectivity index (χ1) is 7.89. The number of nitrogen functional groups attached to an aromatic ring is 1. The van der Waals surface area contributed by atoms with Crippen LogP contribution in [0.25, 0.3) is 0 Å². The molecule has 0 fully saturated rings. The number of anilines is 2. The van der Waals surface area contributed by atoms with Crippen molar-refractivity contribution in [3.63, 3.8) is 0 Å². The fraction of sp³-hybridized carbons (Fsp3) is 0.500. The van der Waals surface area contributed by atoms with Crippen LogP contribution < -0.4 is 20.9 Å². The number of nitrogens with one attached hydrogen (secondary N) is 1. The van der Waals surface area contributed by atoms with Gasteiger partial charge in [-0.05, 0) is 0 Å². The van der Waals surface area contributed by atoms with Crippen LogP contribution in [0.3, 0.4) is 0 Å². The van der Waals surface area contributed by atoms with Gasteiger partial charge in [-0.15, -0.1) is 0 Å². The normalized spacial score (nSPS) is 11.2. The lowest BCUT2D eigenvalue weighted by atomic mass is 10.4. The molecule has 0 bridgehead atoms. The molecule has 1 rings (SSSR count). The molecule has 17 heavy (non-hydrogen) atoms. The summed E-state index contributed by atoms with van der Waals surface area (Å²) in [5, 5.41) is 0. The van der Waals surface area contributed by atoms with Crippen LogP contribution in [0.1, 0.15) is 0 Å². The first-order valence-electron chi connectivity index (χ1n) is 4.52. The number of hydrogen-bond donors (Lipinski definition) is 2. The lowest BCUT2D eigenvalue weighted by molar-refractivity contribution is -0.119. The number of methoxy groups -OCH3 is 1. The molecular formula is C8H12F3N5O. The highest BCUT2D eigenvalue weighted by molar-refractivity contribution is 5.64. The summed E-state index contributed by atoms with van der Waals surface area (Å²) in [6, 6.07) is 0. The number of alkyl halides is 3. The minimum atomic E-state index is -4.33. The summed E-state index contributed by atoms with van der Waals surface area (Å²) in [6.07, 6.45) is -3.24. The molecule has 0 aliphatic rings. The summed E-state index contributed by atoms with van der Waals surface area (Å²) in [7, 11) is 2.54. The Morgan fingerprint density at radius 1 is 1.47 bits per heavy atom. The fourth-order valence-corrected chi connectivity index (χ4v) is 1.27. The molecule has 1 aromatic rings. The first-order valence-corrected chi connectivity index (χ1v) is 4.52. The van der Waals surface area contributed by atoms with E-state index >= 15 is 0 Å². The van der Waals surface area contributed by atoms with Crippen LogP contribution in [-0.2, 0) is 0 Å². The number of rotatable bonds is 4. The zero-order valence-electron chi connectivity index (χ0n) is 9.25. The molecule has 0 spiro atoms. The van der Waals surface area contributed by atoms with E-state index in [1.165, 1.54) is 14.2 Å². The Bertz CT molecular complexity index is 384. The number of halogens is 3. The Kier molecular flexibility index (Phi) is 3.94. The Hall–Kier alpha value is -1.77. The molecule has 0 atom stereocenters. The number of nitrogens with two attached hydrogens (primary N) is 1. The monoisotopic (exact) mass is 251 g/mol. The van der Waals surface area contributed by atoms with E-state index in [0.717, 1.165) is 11.2 Å². The van der Waals surface area contributed by atoms with Gasteiger partial charge >= 0.3 is 6.18 Å². The van der Waals surface area contributed by atoms with Gasteiger partial charge in [0.05, 0.1) is 7.11 Å². The van der Waals surface area contributed by atoms with Crippen molar-refractivity contribution in [3.05, 3.63) is 6.33 Å². The summed E-state index contributed by atoms with van der Waals surface area (Å²) in [6.45, 7) is -1.15. The minimum Gasteiger partial charge on any atom is -0.490 e. The van der Waals surface area contributed by atoms with Crippen LogP contribution in [0.5, 0.6) is 5.75 Å². The predicted molar refractivity (Wildman–Crippen MR) is 55.7 cm³/mol. The van der Waals surface area contributed by atoms with Gasteiger partial charge in [0, 0.05) is 7.05 Å². The van der Waals surface area contributed by atoms with Crippen molar-refractivity contribution in [1.29, 1.82) is 0 Å². The maximum absolute atomic E-state index is 12.2. The van der Waals surface area contributed by atoms with E-state index in [1.54, 1.807) is 0 Å². The Morgan fingerprint density at radius 2 is 2.12 bits per heavy atom. The quantitative estimate of drug-likeness (QED) is 0.608. The van der Waals surface area contributed by atoms with Gasteiger partial charge in [-0.1, -0.05) is 0 Å². The SMILES string of the molecule is COc1c(NN)ncnc1N(C)CC(F)(F)F. The third-order valence-electron chi connectivity index (χ3n) is 1.90. The third-order valence-corrected chi connectivity index (χ3v) is 1.90. The van der Waals surface area contributed by atoms with Crippen LogP contribution >= 0.6 is 0 Å². The second kappa shape index (κ2) is 5.04. The summed E-state index contributed by atoms with van der Waals surface area (Å²) < 4.78 is 41.7. The number of hydrazine groups is 1. The van der Waals surface area contributed by atoms with Crippen molar-refractivity contribution >= 4 is 11.6 Å². The van der Waals surface area contributed by atoms with Gasteiger partial charge in [0.2, 0.25) is 5.75 Å². The zero-order valence-corrected chi connectivity index (χ0v) is 9.25. The molecule has 0 amide bonds. The van der Waals surface area contributed by atoms with E-state index in [0.29, 0.717) is 0 Å². The summed E-state index contributed by atoms with van der Waals surface area (Å²) in [5.41, 5.74) is 2.22. The number of hydrogen-bond acceptors (Lipinski definition) is 6. The number of nitrogens with zero attached hydrogens (tertiary/aromatic N) is 3. The Morgan fingerprint density at radius 3 is 2.59 bits per heavy atom. The van der Waals surface area contributed by atoms with Gasteiger partial charge in [0.15, 0.2) is 11.6 Å². The summed E-state index contributed by atoms with van der Waals surface area (Å²) in [5.74, 6) is 5.34. The second-order valence-electron chi connectivity index (χ2n) is 3.19. The van der Waals surface area contributed by atoms with Gasteiger partial charge in [-0.3, -0.25) is 0 Å². The molecule has 3 N–H and O–H groups in total. The lowest BCUT2D eigenvalue weighted by Gasteiger charge is -2.22. The fourth-order valence-electron chi connectivity index (χ4n) is 1.27. The van der Waals surface area contributed by atoms with Gasteiger partial charge in [-0.25, -0.2) is 15.8 Å². The van der Waals surface area contributed by atoms with Crippen molar-refractivity contribution < 1.29 is 17.9 Å². The average molecular weight is 251 g/mol. The van der Waals surface area contributed by atoms with E-state index in [9.17, 15) is 13.2 Å². The molecule has 0 saturated heterocycles. The highest BCUT2D eigenvalue weighted by Crippen LogP contribution is 2.31. The van der Waals surface area contributed by atoms with Crippen LogP contribution in [0, 0.1) is 0 Å². The Labute approximate surface area is 95.6 Å². The van der Waals surface area contributed by atoms with E-state index < -0.39 is 12.7 Å². The Balaban J connectivity index is 3.04. The molecule has 0 aromatic carbocycles. The molecule has 1 aromatic heterocycles. The predicted octanol–water partition coefficient (Wildman–Crippen LogP) is 0.769. The minimum absolute atomic E-state index is 0.00720. The molecule has 0 unspecified atom stereocenters. The number of aromatic nitrogens is 2. The van der Waals surface area contributed by atoms with E-state index in [-0.39, 0.29) is 17.4 Å². The molecular weight excluding hydrogens is 239 g/mol. The summed E-state index contributed by atoms with van der Waals surface area (Å²) in [4.78, 5) is 8.37. The molecule has 9 heteroatoms. The molecule has 0 aliphatic heterocycles. The van der Waals surface area contributed by atoms with Gasteiger partial charge in [0.1, 0.15) is 12.9 Å². The molecule has 0 saturated carbocycles. The molecule has 0 radical (unpaired) electrons. The maximum atomic E-state index is 12.2. The maximum Gasteiger partial charge on any atom is 0.405 e. The van der Waals surface area contributed by atoms with Gasteiger partial charge in [-0.2, -0.15) is 13.2 Å². The molecule has 6 nitrogen and oxygen atoms in total. The van der Waals surface area contributed by atoms with Crippen LogP contribution in [0.15, 0.2) is 6.33 Å². The lowest BCUT2D eigenvalue weighted by Crippen LogP contribution is -2.32. The largest absolute Gasteiger partial charge is 0.490 e. The standard InChI is InChI=1S/C8H12F3N5O/c1-16(3-8(9,10)11)7-5(17-2)6(15-12)13-4-14-7/h4H,3,12H2,1-2H3,(H,13,14,15). The zero-order chi connectivity index (χ0) is 13.1. The first kappa shape index (κ1) is 13.3. The van der Waals surface area contributed by atoms with Crippen molar-refractivity contribution in [2.75, 3.05) is 31.0 Å². The summed E-state index contributed by atoms with van der Waals surface area (Å²) >= 11 is 0. The molecule has 96 valence electrons. The van der Waals surface area contributed by atoms with Crippen LogP contribution in [-0.4, -0.2) is 36.8 Å². The van der Waals surface area contributed by atoms with Crippen molar-refractivity contribution in [3.8, 4) is 5.75 Å². The van der Waals surface area contributed by atoms with Crippen LogP contribution in [0.4, 0.5) is 24.8 Å². The van der Waals surface area contributed by atoms with Crippen molar-refractivity contribution in [2.24, 2.45) is 5.84 Å². The van der Waals surface area contributed by atoms with Crippen LogP contribution in [0.2, 0.25) is 0 Å². The third kappa shape index (κ3) is 3.34. The molecule has 1 heterocycles. The van der Waals surface area contributed by atoms with Gasteiger partial charge < -0.3 is 15.1 Å². The second-order valence-corrected chi connectivity index (χ2v) is 3.19. The van der Waals surface area contributed by atoms with E-state index in [4.69, 9.17) is 10.6 Å². The molecule has 0 aliphatic carbocycles. The topological polar surface area (TPSA) is 76.3 Å². The highest BCUT2D eigenvalue weighted by atomic mass is 19.4. The van der Waals surface area contributed by atoms with Gasteiger partial charge in [0.25, 0.3) is 0 Å². The van der Waals surface area contributed by atoms with E-state index in [2.05, 4.69) is 15.4 Å². The smallest absolute Gasteiger partial charge is 0.405 e. The van der Waals surface area contributed by atoms with Crippen molar-refractivity contribution in [1.82, 2.24) is 9.97 Å².